The van der Waals surface area contributed by atoms with E-state index in [1.54, 1.807) is 0 Å². The van der Waals surface area contributed by atoms with Gasteiger partial charge in [0.1, 0.15) is 5.60 Å². The van der Waals surface area contributed by atoms with Crippen LogP contribution in [0.4, 0.5) is 0 Å². The SMILES string of the molecule is CCCCCCCC(C)([O])C(CCC)c1ccc(C(C)(C)C)cc1. The molecule has 2 unspecified atom stereocenters. The highest BCUT2D eigenvalue weighted by atomic mass is 16.3. The molecule has 0 aromatic heterocycles. The predicted molar refractivity (Wildman–Crippen MR) is 105 cm³/mol. The second kappa shape index (κ2) is 9.61. The van der Waals surface area contributed by atoms with Crippen molar-refractivity contribution in [3.8, 4) is 0 Å². The van der Waals surface area contributed by atoms with Crippen LogP contribution in [0, 0.1) is 0 Å². The summed E-state index contributed by atoms with van der Waals surface area (Å²) >= 11 is 0. The van der Waals surface area contributed by atoms with Gasteiger partial charge in [0.05, 0.1) is 0 Å². The van der Waals surface area contributed by atoms with Crippen LogP contribution in [0.25, 0.3) is 0 Å². The van der Waals surface area contributed by atoms with Crippen molar-refractivity contribution in [2.45, 2.75) is 110 Å². The number of hydrogen-bond donors (Lipinski definition) is 0. The average molecular weight is 332 g/mol. The fraction of sp³-hybridized carbons (Fsp3) is 0.739. The maximum atomic E-state index is 13.3. The summed E-state index contributed by atoms with van der Waals surface area (Å²) in [7, 11) is 0. The maximum Gasteiger partial charge on any atom is 0.108 e. The first-order valence-corrected chi connectivity index (χ1v) is 10.0. The lowest BCUT2D eigenvalue weighted by Crippen LogP contribution is -2.31. The zero-order valence-corrected chi connectivity index (χ0v) is 17.0. The summed E-state index contributed by atoms with van der Waals surface area (Å²) < 4.78 is 0. The van der Waals surface area contributed by atoms with E-state index in [2.05, 4.69) is 58.9 Å². The Morgan fingerprint density at radius 2 is 1.42 bits per heavy atom. The van der Waals surface area contributed by atoms with E-state index >= 15 is 0 Å². The number of rotatable bonds is 10. The minimum Gasteiger partial charge on any atom is -0.229 e. The molecule has 1 heteroatoms. The summed E-state index contributed by atoms with van der Waals surface area (Å²) in [5.41, 5.74) is 1.88. The summed E-state index contributed by atoms with van der Waals surface area (Å²) in [5, 5.41) is 13.3. The molecule has 1 aromatic carbocycles. The van der Waals surface area contributed by atoms with E-state index in [0.29, 0.717) is 0 Å². The second-order valence-electron chi connectivity index (χ2n) is 8.69. The van der Waals surface area contributed by atoms with Crippen molar-refractivity contribution in [1.82, 2.24) is 0 Å². The van der Waals surface area contributed by atoms with Crippen LogP contribution < -0.4 is 0 Å². The Labute approximate surface area is 150 Å². The highest BCUT2D eigenvalue weighted by molar-refractivity contribution is 5.30. The van der Waals surface area contributed by atoms with Crippen molar-refractivity contribution in [2.75, 3.05) is 0 Å². The van der Waals surface area contributed by atoms with Crippen LogP contribution >= 0.6 is 0 Å². The zero-order valence-electron chi connectivity index (χ0n) is 17.0. The van der Waals surface area contributed by atoms with Crippen LogP contribution in [-0.2, 0) is 10.5 Å². The van der Waals surface area contributed by atoms with Gasteiger partial charge in [-0.05, 0) is 36.3 Å². The third-order valence-corrected chi connectivity index (χ3v) is 5.27. The van der Waals surface area contributed by atoms with E-state index in [-0.39, 0.29) is 11.3 Å². The van der Waals surface area contributed by atoms with Gasteiger partial charge in [-0.1, -0.05) is 97.4 Å². The molecule has 0 aliphatic carbocycles. The molecule has 24 heavy (non-hydrogen) atoms. The van der Waals surface area contributed by atoms with Gasteiger partial charge in [-0.3, -0.25) is 0 Å². The molecule has 1 nitrogen and oxygen atoms in total. The Bertz CT molecular complexity index is 450. The van der Waals surface area contributed by atoms with Crippen LogP contribution in [0.15, 0.2) is 24.3 Å². The van der Waals surface area contributed by atoms with E-state index in [4.69, 9.17) is 0 Å². The average Bonchev–Trinajstić information content (AvgIpc) is 2.51. The summed E-state index contributed by atoms with van der Waals surface area (Å²) in [6.07, 6.45) is 8.94. The summed E-state index contributed by atoms with van der Waals surface area (Å²) in [4.78, 5) is 0. The fourth-order valence-corrected chi connectivity index (χ4v) is 3.58. The third kappa shape index (κ3) is 6.59. The van der Waals surface area contributed by atoms with Gasteiger partial charge < -0.3 is 0 Å². The Balaban J connectivity index is 2.80. The van der Waals surface area contributed by atoms with Gasteiger partial charge in [-0.25, -0.2) is 5.11 Å². The normalized spacial score (nSPS) is 16.0. The molecule has 0 saturated heterocycles. The molecule has 0 heterocycles. The van der Waals surface area contributed by atoms with Crippen LogP contribution in [-0.4, -0.2) is 5.60 Å². The van der Waals surface area contributed by atoms with E-state index in [9.17, 15) is 5.11 Å². The first kappa shape index (κ1) is 21.2. The van der Waals surface area contributed by atoms with E-state index in [1.165, 1.54) is 36.8 Å². The van der Waals surface area contributed by atoms with E-state index in [1.807, 2.05) is 6.92 Å². The maximum absolute atomic E-state index is 13.3. The molecule has 137 valence electrons. The van der Waals surface area contributed by atoms with E-state index in [0.717, 1.165) is 25.7 Å². The first-order chi connectivity index (χ1) is 11.2. The highest BCUT2D eigenvalue weighted by Crippen LogP contribution is 2.37. The molecule has 0 spiro atoms. The number of unbranched alkanes of at least 4 members (excludes halogenated alkanes) is 4. The monoisotopic (exact) mass is 331 g/mol. The lowest BCUT2D eigenvalue weighted by Gasteiger charge is -2.32. The molecule has 0 amide bonds. The molecule has 1 aromatic rings. The first-order valence-electron chi connectivity index (χ1n) is 10.0. The second-order valence-corrected chi connectivity index (χ2v) is 8.69. The molecule has 0 aliphatic heterocycles. The van der Waals surface area contributed by atoms with Gasteiger partial charge in [-0.15, -0.1) is 0 Å². The minimum atomic E-state index is -0.856. The lowest BCUT2D eigenvalue weighted by atomic mass is 9.76. The summed E-state index contributed by atoms with van der Waals surface area (Å²) in [6.45, 7) is 13.1. The molecule has 0 bridgehead atoms. The van der Waals surface area contributed by atoms with Gasteiger partial charge in [0.2, 0.25) is 0 Å². The molecule has 0 aliphatic rings. The van der Waals surface area contributed by atoms with Crippen molar-refractivity contribution in [3.05, 3.63) is 35.4 Å². The zero-order chi connectivity index (χ0) is 18.2. The Hall–Kier alpha value is -0.820. The predicted octanol–water partition coefficient (Wildman–Crippen LogP) is 7.42. The lowest BCUT2D eigenvalue weighted by molar-refractivity contribution is -0.0479. The van der Waals surface area contributed by atoms with Gasteiger partial charge >= 0.3 is 0 Å². The molecule has 0 N–H and O–H groups in total. The quantitative estimate of drug-likeness (QED) is 0.397. The van der Waals surface area contributed by atoms with Crippen LogP contribution in [0.5, 0.6) is 0 Å². The van der Waals surface area contributed by atoms with Gasteiger partial charge in [0.25, 0.3) is 0 Å². The Kier molecular flexibility index (Phi) is 8.50. The highest BCUT2D eigenvalue weighted by Gasteiger charge is 2.34. The smallest absolute Gasteiger partial charge is 0.108 e. The van der Waals surface area contributed by atoms with Gasteiger partial charge in [0.15, 0.2) is 0 Å². The van der Waals surface area contributed by atoms with Crippen molar-refractivity contribution < 1.29 is 5.11 Å². The van der Waals surface area contributed by atoms with Gasteiger partial charge in [-0.2, -0.15) is 0 Å². The molecule has 0 saturated carbocycles. The number of hydrogen-bond acceptors (Lipinski definition) is 0. The minimum absolute atomic E-state index is 0.127. The summed E-state index contributed by atoms with van der Waals surface area (Å²) in [6, 6.07) is 8.84. The molecular weight excluding hydrogens is 292 g/mol. The topological polar surface area (TPSA) is 19.9 Å². The Morgan fingerprint density at radius 3 is 1.92 bits per heavy atom. The third-order valence-electron chi connectivity index (χ3n) is 5.27. The fourth-order valence-electron chi connectivity index (χ4n) is 3.58. The molecule has 1 rings (SSSR count). The van der Waals surface area contributed by atoms with Crippen molar-refractivity contribution in [3.63, 3.8) is 0 Å². The van der Waals surface area contributed by atoms with Crippen LogP contribution in [0.2, 0.25) is 0 Å². The molecule has 2 atom stereocenters. The van der Waals surface area contributed by atoms with Crippen molar-refractivity contribution in [2.24, 2.45) is 0 Å². The van der Waals surface area contributed by atoms with Crippen molar-refractivity contribution in [1.29, 1.82) is 0 Å². The molecule has 0 fully saturated rings. The molecular formula is C23H39O. The van der Waals surface area contributed by atoms with E-state index < -0.39 is 5.60 Å². The standard InChI is InChI=1S/C23H39O/c1-7-9-10-11-12-18-23(6,24)21(13-8-2)19-14-16-20(17-15-19)22(3,4)5/h14-17,21H,7-13,18H2,1-6H3. The van der Waals surface area contributed by atoms with Crippen LogP contribution in [0.3, 0.4) is 0 Å². The largest absolute Gasteiger partial charge is 0.229 e. The summed E-state index contributed by atoms with van der Waals surface area (Å²) in [5.74, 6) is 0.127. The van der Waals surface area contributed by atoms with Crippen LogP contribution in [0.1, 0.15) is 110 Å². The number of benzene rings is 1. The van der Waals surface area contributed by atoms with Crippen molar-refractivity contribution >= 4 is 0 Å². The molecule has 1 radical (unpaired) electrons. The Morgan fingerprint density at radius 1 is 0.833 bits per heavy atom. The van der Waals surface area contributed by atoms with Gasteiger partial charge in [0, 0.05) is 5.92 Å².